The van der Waals surface area contributed by atoms with Crippen LogP contribution in [0.4, 0.5) is 0 Å². The van der Waals surface area contributed by atoms with Crippen molar-refractivity contribution in [2.45, 2.75) is 46.0 Å². The average molecular weight is 415 g/mol. The van der Waals surface area contributed by atoms with Crippen LogP contribution in [0.15, 0.2) is 53.3 Å². The molecule has 2 heterocycles. The van der Waals surface area contributed by atoms with Gasteiger partial charge in [-0.3, -0.25) is 4.79 Å². The van der Waals surface area contributed by atoms with Gasteiger partial charge in [-0.2, -0.15) is 5.21 Å². The zero-order chi connectivity index (χ0) is 21.6. The van der Waals surface area contributed by atoms with Crippen LogP contribution in [0.2, 0.25) is 0 Å². The molecule has 0 saturated heterocycles. The first kappa shape index (κ1) is 20.7. The third-order valence-corrected chi connectivity index (χ3v) is 5.40. The Hall–Kier alpha value is -3.61. The number of aromatic nitrogens is 6. The zero-order valence-electron chi connectivity index (χ0n) is 17.9. The number of aryl methyl sites for hydroxylation is 2. The van der Waals surface area contributed by atoms with Crippen LogP contribution in [-0.2, 0) is 12.8 Å². The number of H-pyrrole nitrogens is 2. The number of unbranched alkanes of at least 4 members (excludes halogenated alkanes) is 2. The summed E-state index contributed by atoms with van der Waals surface area (Å²) in [6.07, 6.45) is 4.73. The first-order chi connectivity index (χ1) is 15.2. The van der Waals surface area contributed by atoms with Gasteiger partial charge in [0.1, 0.15) is 5.82 Å². The van der Waals surface area contributed by atoms with Gasteiger partial charge in [-0.25, -0.2) is 4.98 Å². The van der Waals surface area contributed by atoms with Gasteiger partial charge in [0.25, 0.3) is 5.56 Å². The molecule has 0 aliphatic carbocycles. The molecule has 31 heavy (non-hydrogen) atoms. The maximum atomic E-state index is 12.6. The fourth-order valence-corrected chi connectivity index (χ4v) is 3.81. The molecule has 4 rings (SSSR count). The van der Waals surface area contributed by atoms with Crippen molar-refractivity contribution in [1.29, 1.82) is 0 Å². The fraction of sp³-hybridized carbons (Fsp3) is 0.292. The highest BCUT2D eigenvalue weighted by Crippen LogP contribution is 2.30. The normalized spacial score (nSPS) is 11.0. The lowest BCUT2D eigenvalue weighted by Gasteiger charge is -2.11. The number of rotatable bonds is 8. The predicted octanol–water partition coefficient (Wildman–Crippen LogP) is 4.25. The molecule has 4 aromatic rings. The van der Waals surface area contributed by atoms with Gasteiger partial charge in [-0.15, -0.1) is 10.2 Å². The standard InChI is InChI=1S/C24H26N6O/c1-3-4-5-10-22-21(24(31)26-16(2)25-22)15-17-11-13-18(14-12-17)19-8-6-7-9-20(19)23-27-29-30-28-23/h6-9,11-14H,3-5,10,15H2,1-2H3,(H,25,26,31)(H,27,28,29,30). The van der Waals surface area contributed by atoms with Crippen molar-refractivity contribution >= 4 is 0 Å². The topological polar surface area (TPSA) is 100 Å². The fourth-order valence-electron chi connectivity index (χ4n) is 3.81. The highest BCUT2D eigenvalue weighted by molar-refractivity contribution is 5.80. The van der Waals surface area contributed by atoms with E-state index < -0.39 is 0 Å². The summed E-state index contributed by atoms with van der Waals surface area (Å²) in [6.45, 7) is 4.01. The van der Waals surface area contributed by atoms with E-state index in [2.05, 4.69) is 61.8 Å². The van der Waals surface area contributed by atoms with Crippen LogP contribution in [0.3, 0.4) is 0 Å². The van der Waals surface area contributed by atoms with Crippen LogP contribution < -0.4 is 5.56 Å². The van der Waals surface area contributed by atoms with Gasteiger partial charge < -0.3 is 4.98 Å². The zero-order valence-corrected chi connectivity index (χ0v) is 17.9. The maximum absolute atomic E-state index is 12.6. The maximum Gasteiger partial charge on any atom is 0.254 e. The summed E-state index contributed by atoms with van der Waals surface area (Å²) in [5.74, 6) is 1.24. The van der Waals surface area contributed by atoms with Crippen LogP contribution >= 0.6 is 0 Å². The number of tetrazole rings is 1. The van der Waals surface area contributed by atoms with E-state index in [0.717, 1.165) is 59.2 Å². The Morgan fingerprint density at radius 2 is 1.74 bits per heavy atom. The quantitative estimate of drug-likeness (QED) is 0.420. The Labute approximate surface area is 181 Å². The number of hydrogen-bond acceptors (Lipinski definition) is 5. The first-order valence-electron chi connectivity index (χ1n) is 10.7. The summed E-state index contributed by atoms with van der Waals surface area (Å²) in [6, 6.07) is 16.2. The van der Waals surface area contributed by atoms with Crippen LogP contribution in [-0.4, -0.2) is 30.6 Å². The van der Waals surface area contributed by atoms with Gasteiger partial charge in [-0.1, -0.05) is 68.3 Å². The van der Waals surface area contributed by atoms with Crippen molar-refractivity contribution in [1.82, 2.24) is 30.6 Å². The molecule has 2 aromatic carbocycles. The Balaban J connectivity index is 1.60. The van der Waals surface area contributed by atoms with Gasteiger partial charge in [0.2, 0.25) is 5.82 Å². The molecule has 0 radical (unpaired) electrons. The van der Waals surface area contributed by atoms with Crippen molar-refractivity contribution < 1.29 is 0 Å². The average Bonchev–Trinajstić information content (AvgIpc) is 3.31. The molecule has 0 bridgehead atoms. The molecule has 0 spiro atoms. The lowest BCUT2D eigenvalue weighted by molar-refractivity contribution is 0.696. The van der Waals surface area contributed by atoms with Crippen molar-refractivity contribution in [3.63, 3.8) is 0 Å². The monoisotopic (exact) mass is 414 g/mol. The summed E-state index contributed by atoms with van der Waals surface area (Å²) in [5.41, 5.74) is 5.73. The first-order valence-corrected chi connectivity index (χ1v) is 10.7. The summed E-state index contributed by atoms with van der Waals surface area (Å²) in [5, 5.41) is 14.4. The lowest BCUT2D eigenvalue weighted by Crippen LogP contribution is -2.19. The van der Waals surface area contributed by atoms with Crippen molar-refractivity contribution in [2.24, 2.45) is 0 Å². The van der Waals surface area contributed by atoms with Crippen molar-refractivity contribution in [3.8, 4) is 22.5 Å². The highest BCUT2D eigenvalue weighted by Gasteiger charge is 2.13. The molecular formula is C24H26N6O. The molecule has 0 unspecified atom stereocenters. The lowest BCUT2D eigenvalue weighted by atomic mass is 9.96. The van der Waals surface area contributed by atoms with Crippen molar-refractivity contribution in [2.75, 3.05) is 0 Å². The molecule has 0 amide bonds. The largest absolute Gasteiger partial charge is 0.311 e. The Bertz CT molecular complexity index is 1200. The summed E-state index contributed by atoms with van der Waals surface area (Å²) < 4.78 is 0. The molecule has 0 aliphatic rings. The SMILES string of the molecule is CCCCCc1nc(C)[nH]c(=O)c1Cc1ccc(-c2ccccc2-c2nn[nH]n2)cc1. The van der Waals surface area contributed by atoms with E-state index in [4.69, 9.17) is 0 Å². The van der Waals surface area contributed by atoms with Gasteiger partial charge in [0.05, 0.1) is 5.69 Å². The second-order valence-electron chi connectivity index (χ2n) is 7.69. The summed E-state index contributed by atoms with van der Waals surface area (Å²) in [4.78, 5) is 20.1. The van der Waals surface area contributed by atoms with Gasteiger partial charge in [0, 0.05) is 17.5 Å². The third kappa shape index (κ3) is 4.77. The van der Waals surface area contributed by atoms with E-state index in [1.54, 1.807) is 0 Å². The number of benzene rings is 2. The minimum Gasteiger partial charge on any atom is -0.311 e. The van der Waals surface area contributed by atoms with Gasteiger partial charge >= 0.3 is 0 Å². The van der Waals surface area contributed by atoms with E-state index in [1.807, 2.05) is 31.2 Å². The molecule has 0 fully saturated rings. The van der Waals surface area contributed by atoms with Crippen LogP contribution in [0.1, 0.15) is 48.8 Å². The second-order valence-corrected chi connectivity index (χ2v) is 7.69. The molecule has 0 saturated carbocycles. The van der Waals surface area contributed by atoms with E-state index in [0.29, 0.717) is 18.1 Å². The molecule has 158 valence electrons. The van der Waals surface area contributed by atoms with E-state index in [1.165, 1.54) is 0 Å². The van der Waals surface area contributed by atoms with Crippen molar-refractivity contribution in [3.05, 3.63) is 81.5 Å². The Morgan fingerprint density at radius 3 is 2.45 bits per heavy atom. The minimum atomic E-state index is -0.0365. The predicted molar refractivity (Wildman–Crippen MR) is 121 cm³/mol. The number of nitrogens with one attached hydrogen (secondary N) is 2. The Kier molecular flexibility index (Phi) is 6.31. The number of nitrogens with zero attached hydrogens (tertiary/aromatic N) is 4. The van der Waals surface area contributed by atoms with E-state index in [-0.39, 0.29) is 5.56 Å². The van der Waals surface area contributed by atoms with E-state index in [9.17, 15) is 4.79 Å². The highest BCUT2D eigenvalue weighted by atomic mass is 16.1. The minimum absolute atomic E-state index is 0.0365. The summed E-state index contributed by atoms with van der Waals surface area (Å²) >= 11 is 0. The second kappa shape index (κ2) is 9.47. The summed E-state index contributed by atoms with van der Waals surface area (Å²) in [7, 11) is 0. The Morgan fingerprint density at radius 1 is 0.968 bits per heavy atom. The van der Waals surface area contributed by atoms with E-state index >= 15 is 0 Å². The third-order valence-electron chi connectivity index (χ3n) is 5.40. The number of aromatic amines is 2. The molecule has 0 aliphatic heterocycles. The molecule has 7 heteroatoms. The molecule has 0 atom stereocenters. The van der Waals surface area contributed by atoms with Crippen LogP contribution in [0.5, 0.6) is 0 Å². The molecule has 2 aromatic heterocycles. The molecular weight excluding hydrogens is 388 g/mol. The molecule has 2 N–H and O–H groups in total. The smallest absolute Gasteiger partial charge is 0.254 e. The number of hydrogen-bond donors (Lipinski definition) is 2. The van der Waals surface area contributed by atoms with Gasteiger partial charge in [0.15, 0.2) is 0 Å². The van der Waals surface area contributed by atoms with Crippen LogP contribution in [0, 0.1) is 6.92 Å². The van der Waals surface area contributed by atoms with Crippen LogP contribution in [0.25, 0.3) is 22.5 Å². The van der Waals surface area contributed by atoms with Gasteiger partial charge in [-0.05, 0) is 41.7 Å². The molecule has 7 nitrogen and oxygen atoms in total.